The van der Waals surface area contributed by atoms with E-state index in [1.54, 1.807) is 30.3 Å². The molecule has 0 saturated heterocycles. The summed E-state index contributed by atoms with van der Waals surface area (Å²) in [5.41, 5.74) is 1.03. The zero-order chi connectivity index (χ0) is 16.8. The summed E-state index contributed by atoms with van der Waals surface area (Å²) in [6.07, 6.45) is 0. The lowest BCUT2D eigenvalue weighted by molar-refractivity contribution is 0.102. The number of carbonyl (C=O) groups is 1. The van der Waals surface area contributed by atoms with Gasteiger partial charge in [0.25, 0.3) is 5.91 Å². The van der Waals surface area contributed by atoms with Crippen LogP contribution in [0.5, 0.6) is 11.5 Å². The molecule has 1 N–H and O–H groups in total. The van der Waals surface area contributed by atoms with Crippen molar-refractivity contribution < 1.29 is 14.3 Å². The third-order valence-electron chi connectivity index (χ3n) is 2.98. The number of ether oxygens (including phenoxy) is 2. The highest BCUT2D eigenvalue weighted by Crippen LogP contribution is 2.31. The molecule has 23 heavy (non-hydrogen) atoms. The van der Waals surface area contributed by atoms with E-state index in [0.29, 0.717) is 46.0 Å². The Morgan fingerprint density at radius 1 is 0.957 bits per heavy atom. The molecule has 0 unspecified atom stereocenters. The number of amides is 1. The van der Waals surface area contributed by atoms with Crippen molar-refractivity contribution in [2.75, 3.05) is 18.5 Å². The monoisotopic (exact) mass is 353 g/mol. The molecule has 1 amide bonds. The number of rotatable bonds is 6. The molecule has 0 saturated carbocycles. The average molecular weight is 354 g/mol. The molecule has 0 aliphatic heterocycles. The number of carbonyl (C=O) groups excluding carboxylic acids is 1. The van der Waals surface area contributed by atoms with Gasteiger partial charge in [-0.3, -0.25) is 4.79 Å². The van der Waals surface area contributed by atoms with Crippen LogP contribution in [-0.2, 0) is 0 Å². The molecule has 0 fully saturated rings. The van der Waals surface area contributed by atoms with E-state index in [1.807, 2.05) is 13.8 Å². The quantitative estimate of drug-likeness (QED) is 0.790. The van der Waals surface area contributed by atoms with Crippen LogP contribution in [0, 0.1) is 0 Å². The number of anilines is 1. The second-order valence-corrected chi connectivity index (χ2v) is 5.42. The summed E-state index contributed by atoms with van der Waals surface area (Å²) in [6, 6.07) is 9.97. The molecule has 2 rings (SSSR count). The van der Waals surface area contributed by atoms with Crippen molar-refractivity contribution in [2.45, 2.75) is 13.8 Å². The Kier molecular flexibility index (Phi) is 6.13. The maximum absolute atomic E-state index is 12.3. The number of hydrogen-bond acceptors (Lipinski definition) is 3. The summed E-state index contributed by atoms with van der Waals surface area (Å²) in [4.78, 5) is 12.3. The van der Waals surface area contributed by atoms with Gasteiger partial charge in [-0.25, -0.2) is 0 Å². The van der Waals surface area contributed by atoms with Gasteiger partial charge in [0.05, 0.1) is 23.3 Å². The Labute approximate surface area is 145 Å². The van der Waals surface area contributed by atoms with Crippen LogP contribution < -0.4 is 14.8 Å². The molecule has 0 radical (unpaired) electrons. The Bertz CT molecular complexity index is 704. The summed E-state index contributed by atoms with van der Waals surface area (Å²) in [6.45, 7) is 4.83. The van der Waals surface area contributed by atoms with Crippen molar-refractivity contribution in [3.05, 3.63) is 52.0 Å². The highest BCUT2D eigenvalue weighted by Gasteiger charge is 2.11. The van der Waals surface area contributed by atoms with Crippen molar-refractivity contribution in [2.24, 2.45) is 0 Å². The minimum Gasteiger partial charge on any atom is -0.490 e. The summed E-state index contributed by atoms with van der Waals surface area (Å²) in [5.74, 6) is 0.943. The fourth-order valence-electron chi connectivity index (χ4n) is 1.97. The number of nitrogens with one attached hydrogen (secondary N) is 1. The molecule has 0 bridgehead atoms. The van der Waals surface area contributed by atoms with Crippen molar-refractivity contribution in [3.8, 4) is 11.5 Å². The zero-order valence-electron chi connectivity index (χ0n) is 12.9. The van der Waals surface area contributed by atoms with Crippen molar-refractivity contribution >= 4 is 34.8 Å². The van der Waals surface area contributed by atoms with Crippen molar-refractivity contribution in [3.63, 3.8) is 0 Å². The van der Waals surface area contributed by atoms with E-state index in [4.69, 9.17) is 32.7 Å². The van der Waals surface area contributed by atoms with Gasteiger partial charge in [0.15, 0.2) is 11.5 Å². The first kappa shape index (κ1) is 17.4. The maximum Gasteiger partial charge on any atom is 0.255 e. The van der Waals surface area contributed by atoms with Crippen LogP contribution in [-0.4, -0.2) is 19.1 Å². The number of benzene rings is 2. The van der Waals surface area contributed by atoms with Crippen molar-refractivity contribution in [1.82, 2.24) is 0 Å². The topological polar surface area (TPSA) is 47.6 Å². The molecule has 0 aromatic heterocycles. The fraction of sp³-hybridized carbons (Fsp3) is 0.235. The molecule has 6 heteroatoms. The van der Waals surface area contributed by atoms with Crippen LogP contribution >= 0.6 is 23.2 Å². The van der Waals surface area contributed by atoms with E-state index >= 15 is 0 Å². The maximum atomic E-state index is 12.3. The first-order chi connectivity index (χ1) is 11.0. The number of hydrogen-bond donors (Lipinski definition) is 1. The fourth-order valence-corrected chi connectivity index (χ4v) is 2.27. The molecule has 0 atom stereocenters. The van der Waals surface area contributed by atoms with Gasteiger partial charge in [-0.15, -0.1) is 0 Å². The number of halogens is 2. The van der Waals surface area contributed by atoms with Gasteiger partial charge in [0, 0.05) is 17.3 Å². The Balaban J connectivity index is 2.19. The summed E-state index contributed by atoms with van der Waals surface area (Å²) in [5, 5.41) is 3.54. The molecule has 4 nitrogen and oxygen atoms in total. The highest BCUT2D eigenvalue weighted by atomic mass is 35.5. The molecule has 0 heterocycles. The second-order valence-electron chi connectivity index (χ2n) is 4.61. The smallest absolute Gasteiger partial charge is 0.255 e. The van der Waals surface area contributed by atoms with Gasteiger partial charge < -0.3 is 14.8 Å². The molecule has 0 aliphatic carbocycles. The van der Waals surface area contributed by atoms with E-state index < -0.39 is 0 Å². The standard InChI is InChI=1S/C17H17Cl2NO3/c1-3-22-15-8-6-12(10-16(15)23-4-2)20-17(21)11-5-7-13(18)14(19)9-11/h5-10H,3-4H2,1-2H3,(H,20,21). The molecule has 2 aromatic rings. The first-order valence-electron chi connectivity index (χ1n) is 7.21. The lowest BCUT2D eigenvalue weighted by Crippen LogP contribution is -2.12. The summed E-state index contributed by atoms with van der Waals surface area (Å²) < 4.78 is 11.0. The van der Waals surface area contributed by atoms with Gasteiger partial charge in [0.2, 0.25) is 0 Å². The van der Waals surface area contributed by atoms with Crippen LogP contribution in [0.15, 0.2) is 36.4 Å². The molecular formula is C17H17Cl2NO3. The lowest BCUT2D eigenvalue weighted by atomic mass is 10.2. The highest BCUT2D eigenvalue weighted by molar-refractivity contribution is 6.42. The van der Waals surface area contributed by atoms with Crippen LogP contribution in [0.1, 0.15) is 24.2 Å². The Hall–Kier alpha value is -1.91. The third kappa shape index (κ3) is 4.53. The van der Waals surface area contributed by atoms with Gasteiger partial charge in [-0.1, -0.05) is 23.2 Å². The summed E-state index contributed by atoms with van der Waals surface area (Å²) in [7, 11) is 0. The van der Waals surface area contributed by atoms with Crippen LogP contribution in [0.4, 0.5) is 5.69 Å². The molecule has 0 aliphatic rings. The molecule has 122 valence electrons. The van der Waals surface area contributed by atoms with E-state index in [-0.39, 0.29) is 5.91 Å². The van der Waals surface area contributed by atoms with Gasteiger partial charge in [-0.2, -0.15) is 0 Å². The van der Waals surface area contributed by atoms with Crippen LogP contribution in [0.3, 0.4) is 0 Å². The normalized spacial score (nSPS) is 10.3. The van der Waals surface area contributed by atoms with Gasteiger partial charge in [0.1, 0.15) is 0 Å². The zero-order valence-corrected chi connectivity index (χ0v) is 14.4. The predicted octanol–water partition coefficient (Wildman–Crippen LogP) is 5.04. The Morgan fingerprint density at radius 2 is 1.65 bits per heavy atom. The van der Waals surface area contributed by atoms with Gasteiger partial charge in [-0.05, 0) is 44.2 Å². The van der Waals surface area contributed by atoms with E-state index in [1.165, 1.54) is 6.07 Å². The van der Waals surface area contributed by atoms with E-state index in [0.717, 1.165) is 0 Å². The molecule has 0 spiro atoms. The predicted molar refractivity (Wildman–Crippen MR) is 93.2 cm³/mol. The van der Waals surface area contributed by atoms with Gasteiger partial charge >= 0.3 is 0 Å². The van der Waals surface area contributed by atoms with E-state index in [9.17, 15) is 4.79 Å². The second kappa shape index (κ2) is 8.09. The molecular weight excluding hydrogens is 337 g/mol. The average Bonchev–Trinajstić information content (AvgIpc) is 2.53. The minimum absolute atomic E-state index is 0.282. The van der Waals surface area contributed by atoms with Crippen LogP contribution in [0.2, 0.25) is 10.0 Å². The lowest BCUT2D eigenvalue weighted by Gasteiger charge is -2.13. The van der Waals surface area contributed by atoms with Crippen LogP contribution in [0.25, 0.3) is 0 Å². The SMILES string of the molecule is CCOc1ccc(NC(=O)c2ccc(Cl)c(Cl)c2)cc1OCC. The van der Waals surface area contributed by atoms with Crippen molar-refractivity contribution in [1.29, 1.82) is 0 Å². The van der Waals surface area contributed by atoms with E-state index in [2.05, 4.69) is 5.32 Å². The molecule has 2 aromatic carbocycles. The Morgan fingerprint density at radius 3 is 2.30 bits per heavy atom. The first-order valence-corrected chi connectivity index (χ1v) is 7.96. The third-order valence-corrected chi connectivity index (χ3v) is 3.72. The summed E-state index contributed by atoms with van der Waals surface area (Å²) >= 11 is 11.8. The largest absolute Gasteiger partial charge is 0.490 e. The minimum atomic E-state index is -0.282.